The summed E-state index contributed by atoms with van der Waals surface area (Å²) in [6.45, 7) is 4.99. The molecule has 1 aromatic rings. The highest BCUT2D eigenvalue weighted by Crippen LogP contribution is 2.17. The SMILES string of the molecule is C=CCNC(=NC)NCC(c1ccc(F)cc1)N(C)C.I. The number of aliphatic imine (C=N–C) groups is 1. The molecule has 4 nitrogen and oxygen atoms in total. The maximum atomic E-state index is 13.0. The third-order valence-electron chi connectivity index (χ3n) is 2.98. The molecule has 0 aromatic heterocycles. The van der Waals surface area contributed by atoms with E-state index in [1.165, 1.54) is 12.1 Å². The third kappa shape index (κ3) is 6.90. The van der Waals surface area contributed by atoms with E-state index in [4.69, 9.17) is 0 Å². The Balaban J connectivity index is 0.00000400. The summed E-state index contributed by atoms with van der Waals surface area (Å²) in [6, 6.07) is 6.72. The monoisotopic (exact) mass is 406 g/mol. The zero-order valence-corrected chi connectivity index (χ0v) is 15.1. The van der Waals surface area contributed by atoms with Gasteiger partial charge in [0.15, 0.2) is 5.96 Å². The van der Waals surface area contributed by atoms with Gasteiger partial charge in [-0.1, -0.05) is 18.2 Å². The van der Waals surface area contributed by atoms with Crippen LogP contribution < -0.4 is 10.6 Å². The van der Waals surface area contributed by atoms with Crippen molar-refractivity contribution in [1.29, 1.82) is 0 Å². The first-order valence-electron chi connectivity index (χ1n) is 6.55. The minimum Gasteiger partial charge on any atom is -0.354 e. The van der Waals surface area contributed by atoms with Crippen molar-refractivity contribution < 1.29 is 4.39 Å². The van der Waals surface area contributed by atoms with Crippen LogP contribution in [0.2, 0.25) is 0 Å². The second kappa shape index (κ2) is 10.6. The lowest BCUT2D eigenvalue weighted by atomic mass is 10.1. The largest absolute Gasteiger partial charge is 0.354 e. The molecule has 0 radical (unpaired) electrons. The standard InChI is InChI=1S/C15H23FN4.HI/c1-5-10-18-15(17-2)19-11-14(20(3)4)12-6-8-13(16)9-7-12;/h5-9,14H,1,10-11H2,2-4H3,(H2,17,18,19);1H. The van der Waals surface area contributed by atoms with E-state index in [1.54, 1.807) is 13.1 Å². The predicted octanol–water partition coefficient (Wildman–Crippen LogP) is 2.40. The van der Waals surface area contributed by atoms with Crippen molar-refractivity contribution in [3.05, 3.63) is 48.3 Å². The van der Waals surface area contributed by atoms with Gasteiger partial charge >= 0.3 is 0 Å². The van der Waals surface area contributed by atoms with Gasteiger partial charge in [-0.3, -0.25) is 4.99 Å². The van der Waals surface area contributed by atoms with Gasteiger partial charge in [0.25, 0.3) is 0 Å². The van der Waals surface area contributed by atoms with Crippen molar-refractivity contribution in [2.24, 2.45) is 4.99 Å². The van der Waals surface area contributed by atoms with Gasteiger partial charge < -0.3 is 15.5 Å². The molecule has 2 N–H and O–H groups in total. The molecule has 6 heteroatoms. The lowest BCUT2D eigenvalue weighted by Crippen LogP contribution is -2.41. The summed E-state index contributed by atoms with van der Waals surface area (Å²) < 4.78 is 13.0. The van der Waals surface area contributed by atoms with Crippen molar-refractivity contribution in [3.8, 4) is 0 Å². The van der Waals surface area contributed by atoms with Crippen LogP contribution in [-0.4, -0.2) is 45.1 Å². The zero-order valence-electron chi connectivity index (χ0n) is 12.8. The van der Waals surface area contributed by atoms with E-state index in [0.29, 0.717) is 13.1 Å². The van der Waals surface area contributed by atoms with Crippen LogP contribution in [0, 0.1) is 5.82 Å². The molecule has 0 bridgehead atoms. The van der Waals surface area contributed by atoms with E-state index in [2.05, 4.69) is 27.1 Å². The molecule has 0 saturated carbocycles. The predicted molar refractivity (Wildman–Crippen MR) is 97.8 cm³/mol. The van der Waals surface area contributed by atoms with Crippen LogP contribution in [0.1, 0.15) is 11.6 Å². The van der Waals surface area contributed by atoms with Gasteiger partial charge in [0.2, 0.25) is 0 Å². The highest BCUT2D eigenvalue weighted by atomic mass is 127. The summed E-state index contributed by atoms with van der Waals surface area (Å²) in [5.41, 5.74) is 1.06. The zero-order chi connectivity index (χ0) is 15.0. The first-order valence-corrected chi connectivity index (χ1v) is 6.55. The topological polar surface area (TPSA) is 39.7 Å². The Hall–Kier alpha value is -1.15. The minimum absolute atomic E-state index is 0. The molecular formula is C15H24FIN4. The molecule has 0 spiro atoms. The molecule has 0 saturated heterocycles. The van der Waals surface area contributed by atoms with Gasteiger partial charge in [-0.05, 0) is 31.8 Å². The number of benzene rings is 1. The molecule has 0 amide bonds. The average Bonchev–Trinajstić information content (AvgIpc) is 2.44. The normalized spacial score (nSPS) is 12.5. The first kappa shape index (κ1) is 19.9. The maximum Gasteiger partial charge on any atom is 0.191 e. The van der Waals surface area contributed by atoms with E-state index < -0.39 is 0 Å². The Labute approximate surface area is 143 Å². The Morgan fingerprint density at radius 2 is 1.95 bits per heavy atom. The summed E-state index contributed by atoms with van der Waals surface area (Å²) in [5, 5.41) is 6.37. The number of likely N-dealkylation sites (N-methyl/N-ethyl adjacent to an activating group) is 1. The van der Waals surface area contributed by atoms with Crippen LogP contribution in [0.25, 0.3) is 0 Å². The molecule has 21 heavy (non-hydrogen) atoms. The van der Waals surface area contributed by atoms with E-state index >= 15 is 0 Å². The van der Waals surface area contributed by atoms with Crippen molar-refractivity contribution in [2.75, 3.05) is 34.2 Å². The maximum absolute atomic E-state index is 13.0. The molecule has 1 rings (SSSR count). The summed E-state index contributed by atoms with van der Waals surface area (Å²) in [7, 11) is 5.71. The van der Waals surface area contributed by atoms with Crippen molar-refractivity contribution in [2.45, 2.75) is 6.04 Å². The molecule has 0 aliphatic heterocycles. The van der Waals surface area contributed by atoms with Crippen molar-refractivity contribution in [3.63, 3.8) is 0 Å². The van der Waals surface area contributed by atoms with Gasteiger partial charge in [0, 0.05) is 20.1 Å². The molecule has 0 heterocycles. The van der Waals surface area contributed by atoms with Gasteiger partial charge in [0.1, 0.15) is 5.82 Å². The second-order valence-corrected chi connectivity index (χ2v) is 4.65. The highest BCUT2D eigenvalue weighted by molar-refractivity contribution is 14.0. The Bertz CT molecular complexity index is 445. The van der Waals surface area contributed by atoms with E-state index in [1.807, 2.05) is 26.2 Å². The van der Waals surface area contributed by atoms with Crippen LogP contribution in [0.4, 0.5) is 4.39 Å². The number of nitrogens with zero attached hydrogens (tertiary/aromatic N) is 2. The van der Waals surface area contributed by atoms with Gasteiger partial charge in [-0.15, -0.1) is 30.6 Å². The molecule has 0 aliphatic carbocycles. The molecular weight excluding hydrogens is 382 g/mol. The summed E-state index contributed by atoms with van der Waals surface area (Å²) in [6.07, 6.45) is 1.77. The number of hydrogen-bond donors (Lipinski definition) is 2. The molecule has 118 valence electrons. The van der Waals surface area contributed by atoms with Gasteiger partial charge in [-0.2, -0.15) is 0 Å². The van der Waals surface area contributed by atoms with Crippen LogP contribution in [0.15, 0.2) is 41.9 Å². The first-order chi connectivity index (χ1) is 9.58. The van der Waals surface area contributed by atoms with E-state index in [9.17, 15) is 4.39 Å². The molecule has 1 atom stereocenters. The Kier molecular flexibility index (Phi) is 9.98. The van der Waals surface area contributed by atoms with Crippen LogP contribution in [0.3, 0.4) is 0 Å². The third-order valence-corrected chi connectivity index (χ3v) is 2.98. The van der Waals surface area contributed by atoms with Crippen molar-refractivity contribution in [1.82, 2.24) is 15.5 Å². The number of halogens is 2. The fourth-order valence-electron chi connectivity index (χ4n) is 1.87. The smallest absolute Gasteiger partial charge is 0.191 e. The highest BCUT2D eigenvalue weighted by Gasteiger charge is 2.14. The average molecular weight is 406 g/mol. The lowest BCUT2D eigenvalue weighted by molar-refractivity contribution is 0.298. The fraction of sp³-hybridized carbons (Fsp3) is 0.400. The summed E-state index contributed by atoms with van der Waals surface area (Å²) in [4.78, 5) is 6.22. The molecule has 1 unspecified atom stereocenters. The van der Waals surface area contributed by atoms with Crippen LogP contribution in [0.5, 0.6) is 0 Å². The van der Waals surface area contributed by atoms with Crippen molar-refractivity contribution >= 4 is 29.9 Å². The second-order valence-electron chi connectivity index (χ2n) is 4.65. The minimum atomic E-state index is -0.220. The summed E-state index contributed by atoms with van der Waals surface area (Å²) in [5.74, 6) is 0.501. The van der Waals surface area contributed by atoms with Crippen LogP contribution >= 0.6 is 24.0 Å². The van der Waals surface area contributed by atoms with E-state index in [0.717, 1.165) is 11.5 Å². The molecule has 1 aromatic carbocycles. The van der Waals surface area contributed by atoms with E-state index in [-0.39, 0.29) is 35.8 Å². The molecule has 0 fully saturated rings. The Morgan fingerprint density at radius 1 is 1.33 bits per heavy atom. The molecule has 0 aliphatic rings. The van der Waals surface area contributed by atoms with Gasteiger partial charge in [-0.25, -0.2) is 4.39 Å². The lowest BCUT2D eigenvalue weighted by Gasteiger charge is -2.26. The van der Waals surface area contributed by atoms with Crippen LogP contribution in [-0.2, 0) is 0 Å². The number of rotatable bonds is 6. The van der Waals surface area contributed by atoms with Gasteiger partial charge in [0.05, 0.1) is 6.04 Å². The Morgan fingerprint density at radius 3 is 2.43 bits per heavy atom. The fourth-order valence-corrected chi connectivity index (χ4v) is 1.87. The summed E-state index contributed by atoms with van der Waals surface area (Å²) >= 11 is 0. The quantitative estimate of drug-likeness (QED) is 0.330. The number of hydrogen-bond acceptors (Lipinski definition) is 2. The number of guanidine groups is 1. The number of nitrogens with one attached hydrogen (secondary N) is 2.